The molecule has 120 valence electrons. The topological polar surface area (TPSA) is 61.5 Å². The highest BCUT2D eigenvalue weighted by atomic mass is 15.3. The molecule has 1 aromatic heterocycles. The molecule has 22 heavy (non-hydrogen) atoms. The van der Waals surface area contributed by atoms with Crippen molar-refractivity contribution in [2.24, 2.45) is 0 Å². The van der Waals surface area contributed by atoms with E-state index in [0.717, 1.165) is 37.8 Å². The maximum atomic E-state index is 6.00. The molecule has 0 spiro atoms. The Hall–Kier alpha value is -1.56. The second kappa shape index (κ2) is 5.57. The van der Waals surface area contributed by atoms with E-state index in [1.807, 2.05) is 0 Å². The van der Waals surface area contributed by atoms with Gasteiger partial charge >= 0.3 is 0 Å². The van der Waals surface area contributed by atoms with Gasteiger partial charge < -0.3 is 15.5 Å². The molecule has 1 aromatic rings. The van der Waals surface area contributed by atoms with E-state index in [9.17, 15) is 0 Å². The number of nitrogens with zero attached hydrogens (tertiary/aromatic N) is 5. The van der Waals surface area contributed by atoms with Crippen LogP contribution in [-0.2, 0) is 0 Å². The third-order valence-corrected chi connectivity index (χ3v) is 5.47. The summed E-state index contributed by atoms with van der Waals surface area (Å²) in [4.78, 5) is 16.4. The number of anilines is 3. The largest absolute Gasteiger partial charge is 0.368 e. The van der Waals surface area contributed by atoms with E-state index in [1.165, 1.54) is 32.2 Å². The molecule has 4 rings (SSSR count). The van der Waals surface area contributed by atoms with Crippen LogP contribution in [0.5, 0.6) is 0 Å². The van der Waals surface area contributed by atoms with E-state index in [1.54, 1.807) is 0 Å². The highest BCUT2D eigenvalue weighted by Crippen LogP contribution is 2.29. The number of hydrogen-bond acceptors (Lipinski definition) is 6. The molecule has 3 aliphatic heterocycles. The molecule has 2 unspecified atom stereocenters. The van der Waals surface area contributed by atoms with Crippen LogP contribution in [0.3, 0.4) is 0 Å². The SMILES string of the molecule is CC1CCCN1c1cc(N2CCN3CCCC3C2)nc(N)n1. The molecule has 3 aliphatic rings. The number of fused-ring (bicyclic) bond motifs is 1. The van der Waals surface area contributed by atoms with E-state index in [4.69, 9.17) is 5.73 Å². The third kappa shape index (κ3) is 2.49. The summed E-state index contributed by atoms with van der Waals surface area (Å²) in [6.07, 6.45) is 5.12. The summed E-state index contributed by atoms with van der Waals surface area (Å²) in [7, 11) is 0. The molecule has 0 saturated carbocycles. The minimum atomic E-state index is 0.403. The summed E-state index contributed by atoms with van der Waals surface area (Å²) in [5, 5.41) is 0. The zero-order chi connectivity index (χ0) is 15.1. The van der Waals surface area contributed by atoms with Crippen molar-refractivity contribution in [1.29, 1.82) is 0 Å². The molecule has 0 aromatic carbocycles. The first-order chi connectivity index (χ1) is 10.7. The molecule has 0 bridgehead atoms. The minimum absolute atomic E-state index is 0.403. The van der Waals surface area contributed by atoms with Crippen molar-refractivity contribution in [3.05, 3.63) is 6.07 Å². The van der Waals surface area contributed by atoms with Crippen LogP contribution in [0.2, 0.25) is 0 Å². The van der Waals surface area contributed by atoms with E-state index >= 15 is 0 Å². The molecular weight excluding hydrogens is 276 g/mol. The van der Waals surface area contributed by atoms with Crippen LogP contribution in [0.1, 0.15) is 32.6 Å². The Kier molecular flexibility index (Phi) is 3.56. The normalized spacial score (nSPS) is 29.1. The highest BCUT2D eigenvalue weighted by Gasteiger charge is 2.31. The Labute approximate surface area is 132 Å². The summed E-state index contributed by atoms with van der Waals surface area (Å²) >= 11 is 0. The molecule has 4 heterocycles. The van der Waals surface area contributed by atoms with Crippen molar-refractivity contribution in [2.45, 2.75) is 44.7 Å². The van der Waals surface area contributed by atoms with Crippen molar-refractivity contribution < 1.29 is 0 Å². The highest BCUT2D eigenvalue weighted by molar-refractivity contribution is 5.55. The summed E-state index contributed by atoms with van der Waals surface area (Å²) < 4.78 is 0. The van der Waals surface area contributed by atoms with Crippen molar-refractivity contribution in [3.63, 3.8) is 0 Å². The van der Waals surface area contributed by atoms with Gasteiger partial charge in [-0.3, -0.25) is 4.90 Å². The maximum Gasteiger partial charge on any atom is 0.223 e. The fourth-order valence-corrected chi connectivity index (χ4v) is 4.22. The number of piperazine rings is 1. The van der Waals surface area contributed by atoms with Gasteiger partial charge in [-0.1, -0.05) is 0 Å². The summed E-state index contributed by atoms with van der Waals surface area (Å²) in [5.74, 6) is 2.41. The van der Waals surface area contributed by atoms with Crippen molar-refractivity contribution >= 4 is 17.6 Å². The molecule has 6 heteroatoms. The zero-order valence-electron chi connectivity index (χ0n) is 13.4. The van der Waals surface area contributed by atoms with Gasteiger partial charge in [0.15, 0.2) is 0 Å². The van der Waals surface area contributed by atoms with Crippen LogP contribution in [0.4, 0.5) is 17.6 Å². The molecule has 3 fully saturated rings. The van der Waals surface area contributed by atoms with Gasteiger partial charge in [0, 0.05) is 44.3 Å². The van der Waals surface area contributed by atoms with Gasteiger partial charge in [0.1, 0.15) is 11.6 Å². The van der Waals surface area contributed by atoms with Gasteiger partial charge in [-0.2, -0.15) is 9.97 Å². The lowest BCUT2D eigenvalue weighted by Gasteiger charge is -2.38. The fraction of sp³-hybridized carbons (Fsp3) is 0.750. The van der Waals surface area contributed by atoms with Crippen molar-refractivity contribution in [3.8, 4) is 0 Å². The molecule has 3 saturated heterocycles. The second-order valence-corrected chi connectivity index (χ2v) is 6.91. The van der Waals surface area contributed by atoms with Crippen LogP contribution < -0.4 is 15.5 Å². The standard InChI is InChI=1S/C16H26N6/c1-12-4-2-7-22(12)15-10-14(18-16(17)19-15)21-9-8-20-6-3-5-13(20)11-21/h10,12-13H,2-9,11H2,1H3,(H2,17,18,19). The molecule has 6 nitrogen and oxygen atoms in total. The van der Waals surface area contributed by atoms with Crippen LogP contribution in [-0.4, -0.2) is 59.7 Å². The van der Waals surface area contributed by atoms with Gasteiger partial charge in [-0.25, -0.2) is 0 Å². The minimum Gasteiger partial charge on any atom is -0.368 e. The predicted molar refractivity (Wildman–Crippen MR) is 89.3 cm³/mol. The number of aromatic nitrogens is 2. The first-order valence-electron chi connectivity index (χ1n) is 8.61. The first kappa shape index (κ1) is 14.1. The predicted octanol–water partition coefficient (Wildman–Crippen LogP) is 1.33. The Morgan fingerprint density at radius 1 is 1.05 bits per heavy atom. The monoisotopic (exact) mass is 302 g/mol. The molecule has 2 atom stereocenters. The van der Waals surface area contributed by atoms with Crippen molar-refractivity contribution in [1.82, 2.24) is 14.9 Å². The molecule has 2 N–H and O–H groups in total. The number of rotatable bonds is 2. The summed E-state index contributed by atoms with van der Waals surface area (Å²) in [5.41, 5.74) is 6.00. The molecule has 0 amide bonds. The van der Waals surface area contributed by atoms with Gasteiger partial charge in [0.05, 0.1) is 0 Å². The number of nitrogens with two attached hydrogens (primary N) is 1. The number of hydrogen-bond donors (Lipinski definition) is 1. The molecule has 0 aliphatic carbocycles. The Bertz CT molecular complexity index is 547. The van der Waals surface area contributed by atoms with Gasteiger partial charge in [-0.15, -0.1) is 0 Å². The summed E-state index contributed by atoms with van der Waals surface area (Å²) in [6.45, 7) is 7.87. The summed E-state index contributed by atoms with van der Waals surface area (Å²) in [6, 6.07) is 3.39. The van der Waals surface area contributed by atoms with Crippen LogP contribution in [0.15, 0.2) is 6.07 Å². The Morgan fingerprint density at radius 2 is 1.86 bits per heavy atom. The van der Waals surface area contributed by atoms with Crippen molar-refractivity contribution in [2.75, 3.05) is 48.3 Å². The fourth-order valence-electron chi connectivity index (χ4n) is 4.22. The quantitative estimate of drug-likeness (QED) is 0.889. The molecular formula is C16H26N6. The van der Waals surface area contributed by atoms with Gasteiger partial charge in [0.2, 0.25) is 5.95 Å². The second-order valence-electron chi connectivity index (χ2n) is 6.91. The van der Waals surface area contributed by atoms with E-state index in [2.05, 4.69) is 37.7 Å². The number of nitrogen functional groups attached to an aromatic ring is 1. The lowest BCUT2D eigenvalue weighted by Crippen LogP contribution is -2.50. The van der Waals surface area contributed by atoms with E-state index < -0.39 is 0 Å². The maximum absolute atomic E-state index is 6.00. The van der Waals surface area contributed by atoms with E-state index in [0.29, 0.717) is 18.0 Å². The first-order valence-corrected chi connectivity index (χ1v) is 8.61. The average molecular weight is 302 g/mol. The average Bonchev–Trinajstić information content (AvgIpc) is 3.14. The molecule has 0 radical (unpaired) electrons. The zero-order valence-corrected chi connectivity index (χ0v) is 13.4. The van der Waals surface area contributed by atoms with Crippen LogP contribution in [0.25, 0.3) is 0 Å². The lowest BCUT2D eigenvalue weighted by atomic mass is 10.1. The van der Waals surface area contributed by atoms with Gasteiger partial charge in [-0.05, 0) is 39.2 Å². The van der Waals surface area contributed by atoms with Gasteiger partial charge in [0.25, 0.3) is 0 Å². The lowest BCUT2D eigenvalue weighted by molar-refractivity contribution is 0.230. The van der Waals surface area contributed by atoms with Crippen LogP contribution in [0, 0.1) is 0 Å². The van der Waals surface area contributed by atoms with E-state index in [-0.39, 0.29) is 0 Å². The third-order valence-electron chi connectivity index (χ3n) is 5.47. The Morgan fingerprint density at radius 3 is 2.68 bits per heavy atom. The Balaban J connectivity index is 1.57. The smallest absolute Gasteiger partial charge is 0.223 e. The van der Waals surface area contributed by atoms with Crippen LogP contribution >= 0.6 is 0 Å².